The number of piperidine rings is 1. The summed E-state index contributed by atoms with van der Waals surface area (Å²) in [5.74, 6) is -0.116. The Bertz CT molecular complexity index is 513. The van der Waals surface area contributed by atoms with Gasteiger partial charge < -0.3 is 15.0 Å². The van der Waals surface area contributed by atoms with Gasteiger partial charge in [-0.3, -0.25) is 4.79 Å². The minimum Gasteiger partial charge on any atom is -0.450 e. The summed E-state index contributed by atoms with van der Waals surface area (Å²) < 4.78 is 4.97. The molecule has 1 saturated heterocycles. The van der Waals surface area contributed by atoms with Crippen LogP contribution >= 0.6 is 12.6 Å². The molecule has 1 fully saturated rings. The minimum absolute atomic E-state index is 0.0797. The number of nitrogens with one attached hydrogen (secondary N) is 1. The Kier molecular flexibility index (Phi) is 5.50. The van der Waals surface area contributed by atoms with Crippen molar-refractivity contribution < 1.29 is 14.3 Å². The fourth-order valence-corrected chi connectivity index (χ4v) is 2.61. The highest BCUT2D eigenvalue weighted by molar-refractivity contribution is 7.80. The van der Waals surface area contributed by atoms with Crippen molar-refractivity contribution in [2.75, 3.05) is 19.7 Å². The Morgan fingerprint density at radius 2 is 2.00 bits per heavy atom. The Hall–Kier alpha value is -1.69. The number of carbonyl (C=O) groups is 2. The quantitative estimate of drug-likeness (QED) is 0.843. The number of rotatable bonds is 3. The highest BCUT2D eigenvalue weighted by atomic mass is 32.1. The second kappa shape index (κ2) is 7.36. The van der Waals surface area contributed by atoms with Crippen LogP contribution in [-0.2, 0) is 4.74 Å². The standard InChI is InChI=1S/C15H20N2O3S/c1-2-20-15(19)17-9-7-11(8-10-17)16-14(18)12-5-3-4-6-13(12)21/h3-6,11,21H,2,7-10H2,1H3,(H,16,18). The predicted molar refractivity (Wildman–Crippen MR) is 82.8 cm³/mol. The lowest BCUT2D eigenvalue weighted by Crippen LogP contribution is -2.46. The molecule has 5 nitrogen and oxygen atoms in total. The zero-order chi connectivity index (χ0) is 15.2. The van der Waals surface area contributed by atoms with Crippen molar-refractivity contribution in [3.05, 3.63) is 29.8 Å². The smallest absolute Gasteiger partial charge is 0.409 e. The van der Waals surface area contributed by atoms with E-state index >= 15 is 0 Å². The molecule has 0 atom stereocenters. The molecule has 1 aliphatic heterocycles. The third-order valence-corrected chi connectivity index (χ3v) is 3.89. The van der Waals surface area contributed by atoms with Gasteiger partial charge in [0, 0.05) is 24.0 Å². The summed E-state index contributed by atoms with van der Waals surface area (Å²) in [5.41, 5.74) is 0.577. The van der Waals surface area contributed by atoms with E-state index in [0.29, 0.717) is 30.2 Å². The molecule has 2 rings (SSSR count). The van der Waals surface area contributed by atoms with Crippen LogP contribution in [0.1, 0.15) is 30.1 Å². The lowest BCUT2D eigenvalue weighted by atomic mass is 10.0. The molecule has 1 aromatic rings. The van der Waals surface area contributed by atoms with Crippen LogP contribution in [-0.4, -0.2) is 42.6 Å². The third kappa shape index (κ3) is 4.14. The average Bonchev–Trinajstić information content (AvgIpc) is 2.48. The molecule has 0 saturated carbocycles. The SMILES string of the molecule is CCOC(=O)N1CCC(NC(=O)c2ccccc2S)CC1. The molecule has 2 amide bonds. The maximum atomic E-state index is 12.2. The lowest BCUT2D eigenvalue weighted by Gasteiger charge is -2.31. The number of nitrogens with zero attached hydrogens (tertiary/aromatic N) is 1. The largest absolute Gasteiger partial charge is 0.450 e. The first kappa shape index (κ1) is 15.7. The summed E-state index contributed by atoms with van der Waals surface area (Å²) in [6.07, 6.45) is 1.20. The van der Waals surface area contributed by atoms with Crippen molar-refractivity contribution in [3.8, 4) is 0 Å². The van der Waals surface area contributed by atoms with Gasteiger partial charge in [0.1, 0.15) is 0 Å². The molecule has 0 aromatic heterocycles. The van der Waals surface area contributed by atoms with E-state index in [1.807, 2.05) is 12.1 Å². The first-order chi connectivity index (χ1) is 10.1. The topological polar surface area (TPSA) is 58.6 Å². The maximum absolute atomic E-state index is 12.2. The molecule has 1 N–H and O–H groups in total. The molecule has 0 aliphatic carbocycles. The van der Waals surface area contributed by atoms with Gasteiger partial charge in [0.25, 0.3) is 5.91 Å². The highest BCUT2D eigenvalue weighted by Crippen LogP contribution is 2.15. The highest BCUT2D eigenvalue weighted by Gasteiger charge is 2.25. The summed E-state index contributed by atoms with van der Waals surface area (Å²) in [4.78, 5) is 26.1. The van der Waals surface area contributed by atoms with Crippen LogP contribution in [0.15, 0.2) is 29.2 Å². The minimum atomic E-state index is -0.275. The molecule has 6 heteroatoms. The van der Waals surface area contributed by atoms with Gasteiger partial charge in [-0.1, -0.05) is 12.1 Å². The Labute approximate surface area is 130 Å². The lowest BCUT2D eigenvalue weighted by molar-refractivity contribution is 0.0858. The van der Waals surface area contributed by atoms with E-state index in [2.05, 4.69) is 17.9 Å². The van der Waals surface area contributed by atoms with E-state index in [1.54, 1.807) is 24.0 Å². The summed E-state index contributed by atoms with van der Waals surface area (Å²) in [5, 5.41) is 3.00. The van der Waals surface area contributed by atoms with Gasteiger partial charge in [-0.2, -0.15) is 0 Å². The number of hydrogen-bond acceptors (Lipinski definition) is 4. The molecule has 0 spiro atoms. The van der Waals surface area contributed by atoms with Crippen LogP contribution in [0.25, 0.3) is 0 Å². The number of thiol groups is 1. The van der Waals surface area contributed by atoms with Gasteiger partial charge in [-0.15, -0.1) is 12.6 Å². The van der Waals surface area contributed by atoms with Gasteiger partial charge in [0.2, 0.25) is 0 Å². The molecule has 1 aliphatic rings. The predicted octanol–water partition coefficient (Wildman–Crippen LogP) is 2.33. The zero-order valence-corrected chi connectivity index (χ0v) is 12.9. The van der Waals surface area contributed by atoms with Crippen LogP contribution in [0, 0.1) is 0 Å². The summed E-state index contributed by atoms with van der Waals surface area (Å²) in [6, 6.07) is 7.29. The number of ether oxygens (including phenoxy) is 1. The first-order valence-corrected chi connectivity index (χ1v) is 7.57. The number of benzene rings is 1. The molecule has 0 bridgehead atoms. The van der Waals surface area contributed by atoms with Crippen LogP contribution < -0.4 is 5.32 Å². The maximum Gasteiger partial charge on any atom is 0.409 e. The molecule has 1 heterocycles. The second-order valence-corrected chi connectivity index (χ2v) is 5.43. The van der Waals surface area contributed by atoms with Crippen LogP contribution in [0.4, 0.5) is 4.79 Å². The number of amides is 2. The Morgan fingerprint density at radius 1 is 1.33 bits per heavy atom. The van der Waals surface area contributed by atoms with Crippen molar-refractivity contribution in [2.45, 2.75) is 30.7 Å². The van der Waals surface area contributed by atoms with E-state index in [0.717, 1.165) is 12.8 Å². The summed E-state index contributed by atoms with van der Waals surface area (Å²) in [6.45, 7) is 3.38. The third-order valence-electron chi connectivity index (χ3n) is 3.50. The van der Waals surface area contributed by atoms with Gasteiger partial charge in [-0.05, 0) is 31.9 Å². The fraction of sp³-hybridized carbons (Fsp3) is 0.467. The molecule has 1 aromatic carbocycles. The molecule has 21 heavy (non-hydrogen) atoms. The molecular weight excluding hydrogens is 288 g/mol. The van der Waals surface area contributed by atoms with Crippen molar-refractivity contribution >= 4 is 24.6 Å². The number of likely N-dealkylation sites (tertiary alicyclic amines) is 1. The molecular formula is C15H20N2O3S. The van der Waals surface area contributed by atoms with Gasteiger partial charge in [0.15, 0.2) is 0 Å². The van der Waals surface area contributed by atoms with E-state index in [-0.39, 0.29) is 18.0 Å². The van der Waals surface area contributed by atoms with E-state index in [4.69, 9.17) is 4.74 Å². The molecule has 0 radical (unpaired) electrons. The summed E-state index contributed by atoms with van der Waals surface area (Å²) >= 11 is 4.29. The van der Waals surface area contributed by atoms with Crippen molar-refractivity contribution in [2.24, 2.45) is 0 Å². The van der Waals surface area contributed by atoms with Crippen LogP contribution in [0.2, 0.25) is 0 Å². The number of hydrogen-bond donors (Lipinski definition) is 2. The van der Waals surface area contributed by atoms with E-state index < -0.39 is 0 Å². The normalized spacial score (nSPS) is 15.6. The van der Waals surface area contributed by atoms with Gasteiger partial charge in [-0.25, -0.2) is 4.79 Å². The van der Waals surface area contributed by atoms with E-state index in [9.17, 15) is 9.59 Å². The van der Waals surface area contributed by atoms with Crippen molar-refractivity contribution in [1.29, 1.82) is 0 Å². The van der Waals surface area contributed by atoms with Crippen LogP contribution in [0.5, 0.6) is 0 Å². The monoisotopic (exact) mass is 308 g/mol. The fourth-order valence-electron chi connectivity index (χ4n) is 2.35. The van der Waals surface area contributed by atoms with Crippen molar-refractivity contribution in [1.82, 2.24) is 10.2 Å². The van der Waals surface area contributed by atoms with Crippen molar-refractivity contribution in [3.63, 3.8) is 0 Å². The Balaban J connectivity index is 1.85. The number of carbonyl (C=O) groups excluding carboxylic acids is 2. The zero-order valence-electron chi connectivity index (χ0n) is 12.0. The van der Waals surface area contributed by atoms with Gasteiger partial charge >= 0.3 is 6.09 Å². The molecule has 114 valence electrons. The van der Waals surface area contributed by atoms with E-state index in [1.165, 1.54) is 0 Å². The molecule has 0 unspecified atom stereocenters. The average molecular weight is 308 g/mol. The Morgan fingerprint density at radius 3 is 2.62 bits per heavy atom. The summed E-state index contributed by atoms with van der Waals surface area (Å²) in [7, 11) is 0. The van der Waals surface area contributed by atoms with Crippen LogP contribution in [0.3, 0.4) is 0 Å². The van der Waals surface area contributed by atoms with Gasteiger partial charge in [0.05, 0.1) is 12.2 Å². The first-order valence-electron chi connectivity index (χ1n) is 7.12. The second-order valence-electron chi connectivity index (χ2n) is 4.95.